The van der Waals surface area contributed by atoms with E-state index in [1.54, 1.807) is 6.26 Å². The molecule has 3 heteroatoms. The van der Waals surface area contributed by atoms with Crippen LogP contribution in [0.3, 0.4) is 0 Å². The molecule has 2 aromatic heterocycles. The van der Waals surface area contributed by atoms with Crippen LogP contribution in [0.2, 0.25) is 0 Å². The van der Waals surface area contributed by atoms with Crippen molar-refractivity contribution in [2.45, 2.75) is 13.0 Å². The molecule has 0 fully saturated rings. The zero-order chi connectivity index (χ0) is 14.4. The van der Waals surface area contributed by atoms with Crippen molar-refractivity contribution in [1.29, 1.82) is 0 Å². The molecule has 4 aromatic rings. The molecule has 0 aliphatic rings. The summed E-state index contributed by atoms with van der Waals surface area (Å²) in [5.74, 6) is 0.828. The average Bonchev–Trinajstić information content (AvgIpc) is 3.09. The Morgan fingerprint density at radius 2 is 1.81 bits per heavy atom. The molecule has 0 radical (unpaired) electrons. The van der Waals surface area contributed by atoms with Crippen LogP contribution in [-0.2, 0) is 0 Å². The summed E-state index contributed by atoms with van der Waals surface area (Å²) in [5, 5.41) is 2.42. The van der Waals surface area contributed by atoms with Gasteiger partial charge in [-0.05, 0) is 42.3 Å². The lowest BCUT2D eigenvalue weighted by atomic mass is 10.0. The van der Waals surface area contributed by atoms with Crippen molar-refractivity contribution in [3.05, 3.63) is 71.7 Å². The standard InChI is InChI=1S/C18H16N2O/c1-11-8-9-21-18(11)17(19)12-6-7-16-14(10-12)13-4-2-3-5-15(13)20-16/h2-10,17,20H,19H2,1H3. The van der Waals surface area contributed by atoms with Gasteiger partial charge in [-0.15, -0.1) is 0 Å². The summed E-state index contributed by atoms with van der Waals surface area (Å²) in [4.78, 5) is 3.43. The number of benzene rings is 2. The van der Waals surface area contributed by atoms with Crippen molar-refractivity contribution < 1.29 is 4.42 Å². The van der Waals surface area contributed by atoms with E-state index in [1.807, 2.05) is 19.1 Å². The normalized spacial score (nSPS) is 13.0. The minimum absolute atomic E-state index is 0.238. The Balaban J connectivity index is 1.90. The van der Waals surface area contributed by atoms with Gasteiger partial charge in [0.25, 0.3) is 0 Å². The molecule has 0 bridgehead atoms. The predicted octanol–water partition coefficient (Wildman–Crippen LogP) is 4.27. The Labute approximate surface area is 122 Å². The van der Waals surface area contributed by atoms with E-state index in [2.05, 4.69) is 41.4 Å². The lowest BCUT2D eigenvalue weighted by Gasteiger charge is -2.10. The van der Waals surface area contributed by atoms with E-state index in [-0.39, 0.29) is 6.04 Å². The van der Waals surface area contributed by atoms with Crippen molar-refractivity contribution in [3.63, 3.8) is 0 Å². The summed E-state index contributed by atoms with van der Waals surface area (Å²) in [5.41, 5.74) is 10.8. The van der Waals surface area contributed by atoms with Crippen molar-refractivity contribution >= 4 is 21.8 Å². The van der Waals surface area contributed by atoms with E-state index in [4.69, 9.17) is 10.2 Å². The molecule has 0 saturated heterocycles. The molecule has 3 nitrogen and oxygen atoms in total. The summed E-state index contributed by atoms with van der Waals surface area (Å²) in [6, 6.07) is 16.3. The molecule has 4 rings (SSSR count). The topological polar surface area (TPSA) is 54.9 Å². The van der Waals surface area contributed by atoms with Crippen molar-refractivity contribution in [2.24, 2.45) is 5.73 Å². The third kappa shape index (κ3) is 1.86. The van der Waals surface area contributed by atoms with Crippen LogP contribution in [-0.4, -0.2) is 4.98 Å². The van der Waals surface area contributed by atoms with Gasteiger partial charge in [-0.1, -0.05) is 24.3 Å². The Morgan fingerprint density at radius 3 is 2.62 bits per heavy atom. The van der Waals surface area contributed by atoms with E-state index < -0.39 is 0 Å². The summed E-state index contributed by atoms with van der Waals surface area (Å²) < 4.78 is 5.53. The van der Waals surface area contributed by atoms with Crippen molar-refractivity contribution in [3.8, 4) is 0 Å². The first-order valence-electron chi connectivity index (χ1n) is 7.04. The molecule has 0 amide bonds. The summed E-state index contributed by atoms with van der Waals surface area (Å²) in [7, 11) is 0. The van der Waals surface area contributed by atoms with Crippen LogP contribution >= 0.6 is 0 Å². The fraction of sp³-hybridized carbons (Fsp3) is 0.111. The first-order chi connectivity index (χ1) is 10.2. The van der Waals surface area contributed by atoms with Crippen LogP contribution in [0.4, 0.5) is 0 Å². The Morgan fingerprint density at radius 1 is 1.00 bits per heavy atom. The van der Waals surface area contributed by atoms with E-state index in [0.717, 1.165) is 27.9 Å². The first kappa shape index (κ1) is 12.2. The number of nitrogens with two attached hydrogens (primary N) is 1. The molecule has 0 saturated carbocycles. The number of para-hydroxylation sites is 1. The number of hydrogen-bond donors (Lipinski definition) is 2. The lowest BCUT2D eigenvalue weighted by Crippen LogP contribution is -2.11. The number of nitrogens with one attached hydrogen (secondary N) is 1. The molecule has 3 N–H and O–H groups in total. The van der Waals surface area contributed by atoms with Gasteiger partial charge in [0.15, 0.2) is 0 Å². The van der Waals surface area contributed by atoms with Gasteiger partial charge >= 0.3 is 0 Å². The molecular weight excluding hydrogens is 260 g/mol. The monoisotopic (exact) mass is 276 g/mol. The third-order valence-electron chi connectivity index (χ3n) is 4.07. The quantitative estimate of drug-likeness (QED) is 0.574. The highest BCUT2D eigenvalue weighted by atomic mass is 16.3. The number of furan rings is 1. The van der Waals surface area contributed by atoms with E-state index in [9.17, 15) is 0 Å². The van der Waals surface area contributed by atoms with Gasteiger partial charge < -0.3 is 15.1 Å². The van der Waals surface area contributed by atoms with E-state index in [0.29, 0.717) is 0 Å². The van der Waals surface area contributed by atoms with Crippen LogP contribution < -0.4 is 5.73 Å². The number of rotatable bonds is 2. The number of aromatic amines is 1. The van der Waals surface area contributed by atoms with Gasteiger partial charge in [0, 0.05) is 21.8 Å². The predicted molar refractivity (Wildman–Crippen MR) is 85.3 cm³/mol. The van der Waals surface area contributed by atoms with Crippen molar-refractivity contribution in [2.75, 3.05) is 0 Å². The molecule has 0 aliphatic heterocycles. The van der Waals surface area contributed by atoms with Crippen LogP contribution in [0.25, 0.3) is 21.8 Å². The van der Waals surface area contributed by atoms with E-state index in [1.165, 1.54) is 10.8 Å². The molecule has 2 heterocycles. The van der Waals surface area contributed by atoms with Gasteiger partial charge in [0.2, 0.25) is 0 Å². The second kappa shape index (κ2) is 4.50. The number of aromatic nitrogens is 1. The van der Waals surface area contributed by atoms with Crippen LogP contribution in [0.1, 0.15) is 22.9 Å². The highest BCUT2D eigenvalue weighted by Gasteiger charge is 2.16. The third-order valence-corrected chi connectivity index (χ3v) is 4.07. The number of aryl methyl sites for hydroxylation is 1. The highest BCUT2D eigenvalue weighted by molar-refractivity contribution is 6.07. The molecule has 0 aliphatic carbocycles. The maximum atomic E-state index is 6.36. The maximum Gasteiger partial charge on any atom is 0.127 e. The average molecular weight is 276 g/mol. The fourth-order valence-corrected chi connectivity index (χ4v) is 2.91. The van der Waals surface area contributed by atoms with Gasteiger partial charge in [-0.25, -0.2) is 0 Å². The molecule has 21 heavy (non-hydrogen) atoms. The summed E-state index contributed by atoms with van der Waals surface area (Å²) in [6.45, 7) is 2.02. The van der Waals surface area contributed by atoms with Crippen LogP contribution in [0.5, 0.6) is 0 Å². The summed E-state index contributed by atoms with van der Waals surface area (Å²) in [6.07, 6.45) is 1.69. The maximum absolute atomic E-state index is 6.36. The van der Waals surface area contributed by atoms with Crippen LogP contribution in [0.15, 0.2) is 59.2 Å². The zero-order valence-corrected chi connectivity index (χ0v) is 11.8. The Kier molecular flexibility index (Phi) is 2.62. The molecule has 2 aromatic carbocycles. The Bertz CT molecular complexity index is 933. The second-order valence-electron chi connectivity index (χ2n) is 5.42. The number of hydrogen-bond acceptors (Lipinski definition) is 2. The second-order valence-corrected chi connectivity index (χ2v) is 5.42. The van der Waals surface area contributed by atoms with Gasteiger partial charge in [-0.2, -0.15) is 0 Å². The summed E-state index contributed by atoms with van der Waals surface area (Å²) >= 11 is 0. The molecular formula is C18H16N2O. The van der Waals surface area contributed by atoms with E-state index >= 15 is 0 Å². The fourth-order valence-electron chi connectivity index (χ4n) is 2.91. The minimum atomic E-state index is -0.238. The zero-order valence-electron chi connectivity index (χ0n) is 11.8. The number of fused-ring (bicyclic) bond motifs is 3. The van der Waals surface area contributed by atoms with Gasteiger partial charge in [0.05, 0.1) is 12.3 Å². The minimum Gasteiger partial charge on any atom is -0.467 e. The molecule has 104 valence electrons. The first-order valence-corrected chi connectivity index (χ1v) is 7.04. The molecule has 0 spiro atoms. The van der Waals surface area contributed by atoms with Crippen molar-refractivity contribution in [1.82, 2.24) is 4.98 Å². The van der Waals surface area contributed by atoms with Gasteiger partial charge in [0.1, 0.15) is 5.76 Å². The lowest BCUT2D eigenvalue weighted by molar-refractivity contribution is 0.487. The molecule has 1 unspecified atom stereocenters. The smallest absolute Gasteiger partial charge is 0.127 e. The molecule has 1 atom stereocenters. The highest BCUT2D eigenvalue weighted by Crippen LogP contribution is 2.30. The SMILES string of the molecule is Cc1ccoc1C(N)c1ccc2[nH]c3ccccc3c2c1. The van der Waals surface area contributed by atoms with Gasteiger partial charge in [-0.3, -0.25) is 0 Å². The van der Waals surface area contributed by atoms with Crippen LogP contribution in [0, 0.1) is 6.92 Å². The number of H-pyrrole nitrogens is 1. The largest absolute Gasteiger partial charge is 0.467 e. The Hall–Kier alpha value is -2.52.